The molecule has 0 spiro atoms. The van der Waals surface area contributed by atoms with Crippen LogP contribution < -0.4 is 0 Å². The molecule has 2 aromatic heterocycles. The highest BCUT2D eigenvalue weighted by atomic mass is 32.2. The smallest absolute Gasteiger partial charge is 0.241 e. The lowest BCUT2D eigenvalue weighted by molar-refractivity contribution is 0.382. The molecule has 0 aliphatic heterocycles. The second kappa shape index (κ2) is 6.11. The van der Waals surface area contributed by atoms with Gasteiger partial charge in [-0.2, -0.15) is 4.98 Å². The zero-order chi connectivity index (χ0) is 15.6. The molecule has 1 saturated carbocycles. The van der Waals surface area contributed by atoms with Crippen molar-refractivity contribution in [3.8, 4) is 0 Å². The van der Waals surface area contributed by atoms with E-state index in [1.807, 2.05) is 0 Å². The first-order valence-corrected chi connectivity index (χ1v) is 9.18. The lowest BCUT2D eigenvalue weighted by atomic mass is 10.2. The molecule has 0 radical (unpaired) electrons. The summed E-state index contributed by atoms with van der Waals surface area (Å²) in [5, 5.41) is 15.0. The molecule has 3 rings (SSSR count). The zero-order valence-electron chi connectivity index (χ0n) is 12.3. The molecule has 2 aromatic rings. The van der Waals surface area contributed by atoms with Gasteiger partial charge in [0.2, 0.25) is 5.89 Å². The Labute approximate surface area is 128 Å². The van der Waals surface area contributed by atoms with Crippen LogP contribution in [0.3, 0.4) is 0 Å². The van der Waals surface area contributed by atoms with E-state index in [0.717, 1.165) is 25.7 Å². The molecule has 120 valence electrons. The molecule has 0 unspecified atom stereocenters. The summed E-state index contributed by atoms with van der Waals surface area (Å²) >= 11 is 0. The van der Waals surface area contributed by atoms with Gasteiger partial charge in [-0.3, -0.25) is 0 Å². The number of rotatable bonds is 8. The largest absolute Gasteiger partial charge is 0.338 e. The van der Waals surface area contributed by atoms with Gasteiger partial charge in [0.25, 0.3) is 0 Å². The minimum atomic E-state index is -3.45. The van der Waals surface area contributed by atoms with Gasteiger partial charge in [0, 0.05) is 6.42 Å². The molecule has 0 saturated heterocycles. The highest BCUT2D eigenvalue weighted by Gasteiger charge is 2.30. The van der Waals surface area contributed by atoms with E-state index in [1.165, 1.54) is 0 Å². The molecule has 1 fully saturated rings. The Morgan fingerprint density at radius 2 is 2.14 bits per heavy atom. The van der Waals surface area contributed by atoms with Gasteiger partial charge in [-0.25, -0.2) is 13.1 Å². The van der Waals surface area contributed by atoms with Gasteiger partial charge in [0.15, 0.2) is 21.5 Å². The van der Waals surface area contributed by atoms with Crippen molar-refractivity contribution in [2.45, 2.75) is 56.6 Å². The Hall–Kier alpha value is -1.84. The minimum absolute atomic E-state index is 0.122. The van der Waals surface area contributed by atoms with E-state index < -0.39 is 9.84 Å². The topological polar surface area (TPSA) is 117 Å². The average molecular weight is 326 g/mol. The fraction of sp³-hybridized carbons (Fsp3) is 0.750. The monoisotopic (exact) mass is 326 g/mol. The van der Waals surface area contributed by atoms with Crippen LogP contribution in [0.5, 0.6) is 0 Å². The quantitative estimate of drug-likeness (QED) is 0.700. The standard InChI is InChI=1S/C12H18N6O3S/c1-2-3-4-10-13-12(21-15-10)8-22(19,20)7-11-14-16-17-18(11)9-5-6-9/h9H,2-8H2,1H3. The molecule has 9 nitrogen and oxygen atoms in total. The lowest BCUT2D eigenvalue weighted by Crippen LogP contribution is -2.13. The predicted octanol–water partition coefficient (Wildman–Crippen LogP) is 0.849. The van der Waals surface area contributed by atoms with Gasteiger partial charge in [-0.05, 0) is 29.7 Å². The molecule has 0 bridgehead atoms. The highest BCUT2D eigenvalue weighted by Crippen LogP contribution is 2.34. The number of sulfone groups is 1. The van der Waals surface area contributed by atoms with Gasteiger partial charge in [0.05, 0.1) is 6.04 Å². The summed E-state index contributed by atoms with van der Waals surface area (Å²) in [6.45, 7) is 2.06. The molecule has 2 heterocycles. The molecule has 10 heteroatoms. The molecular weight excluding hydrogens is 308 g/mol. The van der Waals surface area contributed by atoms with Crippen molar-refractivity contribution in [3.05, 3.63) is 17.5 Å². The van der Waals surface area contributed by atoms with E-state index in [2.05, 4.69) is 32.6 Å². The van der Waals surface area contributed by atoms with E-state index in [1.54, 1.807) is 4.68 Å². The number of hydrogen-bond donors (Lipinski definition) is 0. The van der Waals surface area contributed by atoms with Crippen molar-refractivity contribution < 1.29 is 12.9 Å². The molecule has 0 N–H and O–H groups in total. The number of unbranched alkanes of at least 4 members (excludes halogenated alkanes) is 1. The normalized spacial score (nSPS) is 15.3. The van der Waals surface area contributed by atoms with Crippen LogP contribution in [0.4, 0.5) is 0 Å². The zero-order valence-corrected chi connectivity index (χ0v) is 13.2. The maximum atomic E-state index is 12.2. The molecule has 0 aromatic carbocycles. The average Bonchev–Trinajstić information content (AvgIpc) is 3.05. The minimum Gasteiger partial charge on any atom is -0.338 e. The summed E-state index contributed by atoms with van der Waals surface area (Å²) in [4.78, 5) is 4.12. The van der Waals surface area contributed by atoms with Crippen LogP contribution in [0, 0.1) is 0 Å². The number of nitrogens with zero attached hydrogens (tertiary/aromatic N) is 6. The van der Waals surface area contributed by atoms with Gasteiger partial charge >= 0.3 is 0 Å². The SMILES string of the molecule is CCCCc1noc(CS(=O)(=O)Cc2nnnn2C2CC2)n1. The highest BCUT2D eigenvalue weighted by molar-refractivity contribution is 7.89. The Balaban J connectivity index is 1.65. The summed E-state index contributed by atoms with van der Waals surface area (Å²) in [5.74, 6) is 0.534. The Bertz CT molecular complexity index is 734. The molecule has 0 atom stereocenters. The Morgan fingerprint density at radius 1 is 1.32 bits per heavy atom. The van der Waals surface area contributed by atoms with Crippen molar-refractivity contribution in [2.75, 3.05) is 0 Å². The summed E-state index contributed by atoms with van der Waals surface area (Å²) in [7, 11) is -3.45. The van der Waals surface area contributed by atoms with E-state index in [4.69, 9.17) is 4.52 Å². The van der Waals surface area contributed by atoms with E-state index in [0.29, 0.717) is 18.1 Å². The summed E-state index contributed by atoms with van der Waals surface area (Å²) < 4.78 is 31.1. The summed E-state index contributed by atoms with van der Waals surface area (Å²) in [5.41, 5.74) is 0. The number of aryl methyl sites for hydroxylation is 1. The fourth-order valence-electron chi connectivity index (χ4n) is 2.13. The second-order valence-electron chi connectivity index (χ2n) is 5.51. The third kappa shape index (κ3) is 3.67. The van der Waals surface area contributed by atoms with Crippen LogP contribution >= 0.6 is 0 Å². The number of hydrogen-bond acceptors (Lipinski definition) is 8. The van der Waals surface area contributed by atoms with E-state index in [-0.39, 0.29) is 23.4 Å². The maximum Gasteiger partial charge on any atom is 0.241 e. The predicted molar refractivity (Wildman–Crippen MR) is 75.3 cm³/mol. The Morgan fingerprint density at radius 3 is 2.86 bits per heavy atom. The van der Waals surface area contributed by atoms with Gasteiger partial charge in [0.1, 0.15) is 11.5 Å². The van der Waals surface area contributed by atoms with Crippen LogP contribution in [0.15, 0.2) is 4.52 Å². The van der Waals surface area contributed by atoms with Crippen molar-refractivity contribution in [1.82, 2.24) is 30.3 Å². The van der Waals surface area contributed by atoms with Crippen LogP contribution in [0.1, 0.15) is 56.2 Å². The van der Waals surface area contributed by atoms with Crippen LogP contribution in [-0.4, -0.2) is 38.8 Å². The summed E-state index contributed by atoms with van der Waals surface area (Å²) in [6.07, 6.45) is 4.64. The molecule has 0 amide bonds. The van der Waals surface area contributed by atoms with Crippen molar-refractivity contribution in [1.29, 1.82) is 0 Å². The van der Waals surface area contributed by atoms with Gasteiger partial charge in [-0.1, -0.05) is 18.5 Å². The molecular formula is C12H18N6O3S. The second-order valence-corrected chi connectivity index (χ2v) is 7.58. The van der Waals surface area contributed by atoms with E-state index in [9.17, 15) is 8.42 Å². The molecule has 1 aliphatic rings. The van der Waals surface area contributed by atoms with Crippen molar-refractivity contribution in [3.63, 3.8) is 0 Å². The first-order valence-electron chi connectivity index (χ1n) is 7.36. The van der Waals surface area contributed by atoms with E-state index >= 15 is 0 Å². The van der Waals surface area contributed by atoms with Crippen molar-refractivity contribution >= 4 is 9.84 Å². The third-order valence-corrected chi connectivity index (χ3v) is 4.80. The first kappa shape index (κ1) is 15.1. The van der Waals surface area contributed by atoms with Crippen LogP contribution in [-0.2, 0) is 27.8 Å². The van der Waals surface area contributed by atoms with Gasteiger partial charge in [-0.15, -0.1) is 5.10 Å². The summed E-state index contributed by atoms with van der Waals surface area (Å²) in [6, 6.07) is 0.240. The van der Waals surface area contributed by atoms with Crippen LogP contribution in [0.2, 0.25) is 0 Å². The van der Waals surface area contributed by atoms with Gasteiger partial charge < -0.3 is 4.52 Å². The Kier molecular flexibility index (Phi) is 4.19. The maximum absolute atomic E-state index is 12.2. The third-order valence-electron chi connectivity index (χ3n) is 3.41. The molecule has 1 aliphatic carbocycles. The number of tetrazole rings is 1. The van der Waals surface area contributed by atoms with Crippen LogP contribution in [0.25, 0.3) is 0 Å². The fourth-order valence-corrected chi connectivity index (χ4v) is 3.31. The lowest BCUT2D eigenvalue weighted by Gasteiger charge is -2.02. The first-order chi connectivity index (χ1) is 10.6. The van der Waals surface area contributed by atoms with Crippen molar-refractivity contribution in [2.24, 2.45) is 0 Å². The molecule has 22 heavy (non-hydrogen) atoms. The number of aromatic nitrogens is 6.